The number of imide groups is 1. The number of aromatic nitrogens is 4. The van der Waals surface area contributed by atoms with E-state index >= 15 is 4.79 Å². The molecule has 5 aliphatic rings. The summed E-state index contributed by atoms with van der Waals surface area (Å²) in [5.74, 6) is -2.18. The fourth-order valence-electron chi connectivity index (χ4n) is 9.67. The van der Waals surface area contributed by atoms with Gasteiger partial charge in [-0.15, -0.1) is 0 Å². The summed E-state index contributed by atoms with van der Waals surface area (Å²) in [7, 11) is 1.69. The zero-order chi connectivity index (χ0) is 52.6. The minimum absolute atomic E-state index is 0.0364. The van der Waals surface area contributed by atoms with Gasteiger partial charge < -0.3 is 49.0 Å². The second kappa shape index (κ2) is 24.2. The van der Waals surface area contributed by atoms with E-state index in [0.29, 0.717) is 121 Å². The molecule has 8 bridgehead atoms. The molecule has 0 unspecified atom stereocenters. The topological polar surface area (TPSA) is 231 Å². The van der Waals surface area contributed by atoms with E-state index in [1.807, 2.05) is 39.0 Å². The van der Waals surface area contributed by atoms with Crippen LogP contribution in [0, 0.1) is 6.92 Å². The third-order valence-electron chi connectivity index (χ3n) is 13.8. The molecule has 2 atom stereocenters. The van der Waals surface area contributed by atoms with Crippen LogP contribution in [-0.2, 0) is 33.3 Å². The number of nitrogens with one attached hydrogen (secondary N) is 3. The molecular formula is C54H72N8O11. The highest BCUT2D eigenvalue weighted by Crippen LogP contribution is 2.45. The highest BCUT2D eigenvalue weighted by atomic mass is 16.6. The van der Waals surface area contributed by atoms with E-state index < -0.39 is 29.5 Å². The summed E-state index contributed by atoms with van der Waals surface area (Å²) in [5, 5.41) is 11.6. The molecule has 2 aromatic rings. The number of morpholine rings is 1. The summed E-state index contributed by atoms with van der Waals surface area (Å²) in [5.41, 5.74) is 9.25. The van der Waals surface area contributed by atoms with Crippen LogP contribution in [0.4, 0.5) is 4.79 Å². The van der Waals surface area contributed by atoms with Crippen LogP contribution in [0.1, 0.15) is 140 Å². The Morgan fingerprint density at radius 3 is 2.30 bits per heavy atom. The van der Waals surface area contributed by atoms with Crippen LogP contribution in [0.3, 0.4) is 0 Å². The maximum absolute atomic E-state index is 15.2. The van der Waals surface area contributed by atoms with E-state index in [2.05, 4.69) is 34.0 Å². The van der Waals surface area contributed by atoms with Crippen LogP contribution < -0.4 is 5.32 Å². The number of amides is 4. The van der Waals surface area contributed by atoms with Gasteiger partial charge in [0, 0.05) is 93.1 Å². The molecule has 0 aromatic carbocycles. The number of esters is 1. The van der Waals surface area contributed by atoms with Gasteiger partial charge in [-0.25, -0.2) is 19.6 Å². The van der Waals surface area contributed by atoms with Crippen molar-refractivity contribution >= 4 is 63.1 Å². The number of hydrogen-bond acceptors (Lipinski definition) is 14. The zero-order valence-electron chi connectivity index (χ0n) is 43.8. The number of ether oxygens (including phenoxy) is 5. The van der Waals surface area contributed by atoms with E-state index in [1.54, 1.807) is 38.8 Å². The maximum Gasteiger partial charge on any atom is 0.407 e. The minimum atomic E-state index is -0.663. The molecule has 7 heterocycles. The van der Waals surface area contributed by atoms with Crippen LogP contribution in [0.25, 0.3) is 33.3 Å². The minimum Gasteiger partial charge on any atom is -0.460 e. The van der Waals surface area contributed by atoms with Gasteiger partial charge in [0.1, 0.15) is 12.2 Å². The lowest BCUT2D eigenvalue weighted by Gasteiger charge is -2.31. The van der Waals surface area contributed by atoms with Crippen molar-refractivity contribution in [3.05, 3.63) is 81.2 Å². The molecule has 0 radical (unpaired) electrons. The van der Waals surface area contributed by atoms with Gasteiger partial charge in [-0.05, 0) is 101 Å². The second-order valence-corrected chi connectivity index (χ2v) is 19.8. The van der Waals surface area contributed by atoms with Crippen LogP contribution >= 0.6 is 0 Å². The lowest BCUT2D eigenvalue weighted by Crippen LogP contribution is -2.47. The Labute approximate surface area is 427 Å². The largest absolute Gasteiger partial charge is 0.460 e. The van der Waals surface area contributed by atoms with Crippen molar-refractivity contribution in [1.82, 2.24) is 40.0 Å². The van der Waals surface area contributed by atoms with Gasteiger partial charge in [0.05, 0.1) is 85.7 Å². The first-order valence-corrected chi connectivity index (χ1v) is 25.4. The molecular weight excluding hydrogens is 937 g/mol. The number of carbonyl (C=O) groups is 5. The van der Waals surface area contributed by atoms with Gasteiger partial charge in [0.25, 0.3) is 11.8 Å². The number of aromatic amines is 2. The Bertz CT molecular complexity index is 2740. The van der Waals surface area contributed by atoms with Crippen LogP contribution in [0.15, 0.2) is 30.4 Å². The number of nitrogens with zero attached hydrogens (tertiary/aromatic N) is 5. The van der Waals surface area contributed by atoms with Crippen molar-refractivity contribution in [2.24, 2.45) is 0 Å². The normalized spacial score (nSPS) is 17.7. The van der Waals surface area contributed by atoms with Gasteiger partial charge in [0.2, 0.25) is 5.91 Å². The van der Waals surface area contributed by atoms with Crippen molar-refractivity contribution in [3.8, 4) is 0 Å². The summed E-state index contributed by atoms with van der Waals surface area (Å²) in [6.07, 6.45) is 3.64. The van der Waals surface area contributed by atoms with Crippen molar-refractivity contribution in [3.63, 3.8) is 0 Å². The number of likely N-dealkylation sites (N-methyl/N-ethyl adjacent to an activating group) is 1. The first kappa shape index (κ1) is 54.5. The Hall–Kier alpha value is -6.25. The van der Waals surface area contributed by atoms with Crippen molar-refractivity contribution in [2.45, 2.75) is 92.1 Å². The summed E-state index contributed by atoms with van der Waals surface area (Å²) in [6.45, 7) is 19.9. The third-order valence-corrected chi connectivity index (χ3v) is 13.8. The number of fused-ring (bicyclic) bond motifs is 8. The Kier molecular flexibility index (Phi) is 18.1. The molecule has 5 aliphatic heterocycles. The number of H-pyrrole nitrogens is 2. The number of alkyl carbamates (subject to hydrolysis) is 1. The van der Waals surface area contributed by atoms with E-state index in [0.717, 1.165) is 22.4 Å². The molecule has 4 amide bonds. The highest BCUT2D eigenvalue weighted by molar-refractivity contribution is 6.23. The number of aliphatic hydroxyl groups is 1. The zero-order valence-corrected chi connectivity index (χ0v) is 43.8. The van der Waals surface area contributed by atoms with Gasteiger partial charge in [0.15, 0.2) is 0 Å². The van der Waals surface area contributed by atoms with Crippen LogP contribution in [0.5, 0.6) is 0 Å². The quantitative estimate of drug-likeness (QED) is 0.0493. The van der Waals surface area contributed by atoms with Gasteiger partial charge in [-0.1, -0.05) is 13.8 Å². The summed E-state index contributed by atoms with van der Waals surface area (Å²) in [6, 6.07) is 5.83. The first-order valence-electron chi connectivity index (χ1n) is 25.4. The Balaban J connectivity index is 1.32. The van der Waals surface area contributed by atoms with E-state index in [4.69, 9.17) is 38.8 Å². The van der Waals surface area contributed by atoms with E-state index in [1.165, 1.54) is 11.0 Å². The highest BCUT2D eigenvalue weighted by Gasteiger charge is 2.41. The predicted molar refractivity (Wildman–Crippen MR) is 276 cm³/mol. The van der Waals surface area contributed by atoms with Gasteiger partial charge in [-0.2, -0.15) is 0 Å². The van der Waals surface area contributed by atoms with Crippen molar-refractivity contribution in [2.75, 3.05) is 99.2 Å². The molecule has 1 saturated heterocycles. The molecule has 0 aliphatic carbocycles. The van der Waals surface area contributed by atoms with E-state index in [9.17, 15) is 19.2 Å². The van der Waals surface area contributed by atoms with Crippen LogP contribution in [-0.4, -0.2) is 174 Å². The average Bonchev–Trinajstić information content (AvgIpc) is 4.03. The Morgan fingerprint density at radius 2 is 1.59 bits per heavy atom. The number of carbonyl (C=O) groups excluding carboxylic acids is 5. The van der Waals surface area contributed by atoms with Gasteiger partial charge >= 0.3 is 12.1 Å². The number of aliphatic hydroxyl groups excluding tert-OH is 1. The molecule has 1 fully saturated rings. The molecule has 0 saturated carbocycles. The average molecular weight is 1010 g/mol. The molecule has 394 valence electrons. The summed E-state index contributed by atoms with van der Waals surface area (Å²) >= 11 is 0. The molecule has 7 rings (SSSR count). The molecule has 19 nitrogen and oxygen atoms in total. The number of hydrogen-bond donors (Lipinski definition) is 4. The molecule has 0 spiro atoms. The first-order chi connectivity index (χ1) is 34.9. The summed E-state index contributed by atoms with van der Waals surface area (Å²) < 4.78 is 27.1. The number of allylic oxidation sites excluding steroid dienone is 5. The van der Waals surface area contributed by atoms with Gasteiger partial charge in [-0.3, -0.25) is 24.2 Å². The molecule has 19 heteroatoms. The Morgan fingerprint density at radius 1 is 0.904 bits per heavy atom. The standard InChI is InChI=1S/C54H72N8O11/c1-10-36-32(2)40-30-44-37(12-14-46(65)72-28-27-71-26-25-70-24-21-63)33(3)39(57-44)29-41-34(4)38(11-13-45(64)60(9)16-15-55-53(68)73-54(6,7)8)49(58-41)48-50-47(35(5)42(59-50)31-43(36)56-40)51(66)62(52(48)67)18-17-61-19-22-69-23-20-61/h12,14,29-31,34,38,58-59,63H,10-11,13,15-28H2,1-9H3,(H,55,68)/b14-12+,41-29?,43-31?,44-30?,49-48?/t34-,38-/m0/s1. The fraction of sp³-hybridized carbons (Fsp3) is 0.537. The maximum atomic E-state index is 15.2. The second-order valence-electron chi connectivity index (χ2n) is 19.8. The summed E-state index contributed by atoms with van der Waals surface area (Å²) in [4.78, 5) is 91.9. The number of rotatable bonds is 20. The SMILES string of the molecule is CCC1=C(C)c2cc3nc(cc4[nH]c(c5c6[nH]c(cc1n2)c(C)c6C(=O)N(CCN1CCOCC1)C5=O)[C@@H](CCC(=O)N(C)CCNC(=O)OC(C)(C)C)[C@@H]4C)C(C)=C3/C=C/C(=O)OCCOCCOCCO. The van der Waals surface area contributed by atoms with Crippen molar-refractivity contribution in [1.29, 1.82) is 0 Å². The van der Waals surface area contributed by atoms with Crippen LogP contribution in [0.2, 0.25) is 0 Å². The molecule has 2 aromatic heterocycles. The monoisotopic (exact) mass is 1010 g/mol. The van der Waals surface area contributed by atoms with Crippen molar-refractivity contribution < 1.29 is 52.8 Å². The number of aryl methyl sites for hydroxylation is 1. The molecule has 4 N–H and O–H groups in total. The lowest BCUT2D eigenvalue weighted by molar-refractivity contribution is -0.139. The molecule has 73 heavy (non-hydrogen) atoms. The smallest absolute Gasteiger partial charge is 0.407 e. The predicted octanol–water partition coefficient (Wildman–Crippen LogP) is 6.32. The lowest BCUT2D eigenvalue weighted by atomic mass is 9.84. The fourth-order valence-corrected chi connectivity index (χ4v) is 9.67. The third kappa shape index (κ3) is 12.9. The van der Waals surface area contributed by atoms with E-state index in [-0.39, 0.29) is 70.2 Å².